The number of carbonyl (C=O) groups excluding carboxylic acids is 5. The molecule has 0 aromatic carbocycles. The molecule has 17 heteroatoms. The minimum absolute atomic E-state index is 0.00476. The third-order valence-corrected chi connectivity index (χ3v) is 15.2. The topological polar surface area (TPSA) is 211 Å². The molecule has 0 radical (unpaired) electrons. The fourth-order valence-electron chi connectivity index (χ4n) is 10.2. The number of ketones is 3. The maximum absolute atomic E-state index is 14.4. The number of allylic oxidation sites excluding steroid dienone is 6. The molecule has 3 heterocycles. The highest BCUT2D eigenvalue weighted by molar-refractivity contribution is 7.57. The lowest BCUT2D eigenvalue weighted by molar-refractivity contribution is -0.266. The first kappa shape index (κ1) is 58.4. The van der Waals surface area contributed by atoms with Crippen molar-refractivity contribution in [1.29, 1.82) is 0 Å². The number of nitrogens with zero attached hydrogens (tertiary/aromatic N) is 1. The van der Waals surface area contributed by atoms with Gasteiger partial charge in [0.2, 0.25) is 5.79 Å². The van der Waals surface area contributed by atoms with Crippen molar-refractivity contribution in [2.75, 3.05) is 54.4 Å². The van der Waals surface area contributed by atoms with Gasteiger partial charge in [0.1, 0.15) is 24.1 Å². The number of ether oxygens (including phenoxy) is 6. The van der Waals surface area contributed by atoms with Gasteiger partial charge in [0, 0.05) is 71.8 Å². The highest BCUT2D eigenvalue weighted by Gasteiger charge is 2.53. The van der Waals surface area contributed by atoms with E-state index in [4.69, 9.17) is 32.9 Å². The minimum Gasteiger partial charge on any atom is -0.460 e. The average Bonchev–Trinajstić information content (AvgIpc) is 3.30. The maximum Gasteiger partial charge on any atom is 0.331 e. The number of morpholine rings is 1. The Balaban J connectivity index is 1.70. The number of carbonyl (C=O) groups is 5. The number of methoxy groups -OCH3 is 3. The zero-order valence-electron chi connectivity index (χ0n) is 43.1. The summed E-state index contributed by atoms with van der Waals surface area (Å²) in [5.41, 5.74) is 1.22. The number of rotatable bonds is 8. The van der Waals surface area contributed by atoms with Crippen molar-refractivity contribution < 1.29 is 71.7 Å². The molecule has 15 atom stereocenters. The van der Waals surface area contributed by atoms with Crippen LogP contribution in [0.2, 0.25) is 0 Å². The predicted molar refractivity (Wildman–Crippen MR) is 260 cm³/mol. The van der Waals surface area contributed by atoms with Crippen molar-refractivity contribution in [2.45, 2.75) is 161 Å². The van der Waals surface area contributed by atoms with Crippen molar-refractivity contribution in [3.63, 3.8) is 0 Å². The molecule has 1 amide bonds. The average molecular weight is 992 g/mol. The van der Waals surface area contributed by atoms with E-state index in [-0.39, 0.29) is 61.8 Å². The lowest BCUT2D eigenvalue weighted by Gasteiger charge is -2.42. The smallest absolute Gasteiger partial charge is 0.331 e. The molecule has 3 aliphatic heterocycles. The highest BCUT2D eigenvalue weighted by atomic mass is 31.2. The van der Waals surface area contributed by atoms with Crippen LogP contribution in [0.1, 0.15) is 106 Å². The standard InChI is InChI=1S/C52H82NO15P/c1-31-16-14-13-15-17-32(2)43(62-8)28-39-20-18-37(7)52(60,67-39)49(57)50(58)53-22-23-65-30-40(53)51(59)66-44(34(4)26-38-19-21-42(45(27-38)63-9)68-69(11,12)61)29-41(54)33(3)25-36(6)47(56)48(64-10)46(55)35(5)24-31/h13-17,25,31,33-35,37-40,42-45,47-48,56,60H,18-24,26-30H2,1-12H3/b15-13?,16-14+,32-17?,36-25+/t31-,33-,34-,35-,37-,38+,39+,40+,42-,43+,44+,45-,47-,48+,52-/m1/s1. The largest absolute Gasteiger partial charge is 0.460 e. The lowest BCUT2D eigenvalue weighted by atomic mass is 9.78. The Labute approximate surface area is 410 Å². The van der Waals surface area contributed by atoms with Crippen molar-refractivity contribution in [3.8, 4) is 0 Å². The number of aliphatic hydroxyl groups excluding tert-OH is 1. The zero-order chi connectivity index (χ0) is 51.4. The summed E-state index contributed by atoms with van der Waals surface area (Å²) in [5, 5.41) is 23.4. The predicted octanol–water partition coefficient (Wildman–Crippen LogP) is 6.59. The normalized spacial score (nSPS) is 37.8. The number of esters is 1. The molecule has 2 N–H and O–H groups in total. The van der Waals surface area contributed by atoms with Gasteiger partial charge in [-0.3, -0.25) is 23.7 Å². The molecule has 390 valence electrons. The minimum atomic E-state index is -2.80. The lowest BCUT2D eigenvalue weighted by Crippen LogP contribution is -2.62. The van der Waals surface area contributed by atoms with Gasteiger partial charge in [0.05, 0.1) is 37.6 Å². The Bertz CT molecular complexity index is 1940. The Morgan fingerprint density at radius 2 is 1.59 bits per heavy atom. The van der Waals surface area contributed by atoms with Gasteiger partial charge in [-0.1, -0.05) is 71.1 Å². The number of aliphatic hydroxyl groups is 2. The summed E-state index contributed by atoms with van der Waals surface area (Å²) in [4.78, 5) is 71.9. The van der Waals surface area contributed by atoms with E-state index in [1.807, 2.05) is 51.2 Å². The molecule has 0 aromatic rings. The van der Waals surface area contributed by atoms with Crippen LogP contribution in [0.4, 0.5) is 0 Å². The van der Waals surface area contributed by atoms with Crippen LogP contribution in [-0.4, -0.2) is 153 Å². The fraction of sp³-hybridized carbons (Fsp3) is 0.750. The molecule has 1 saturated carbocycles. The quantitative estimate of drug-likeness (QED) is 0.114. The first-order valence-corrected chi connectivity index (χ1v) is 27.3. The zero-order valence-corrected chi connectivity index (χ0v) is 44.0. The molecule has 3 fully saturated rings. The van der Waals surface area contributed by atoms with Gasteiger partial charge >= 0.3 is 5.97 Å². The summed E-state index contributed by atoms with van der Waals surface area (Å²) >= 11 is 0. The molecule has 0 aromatic heterocycles. The summed E-state index contributed by atoms with van der Waals surface area (Å²) in [6.07, 6.45) is 9.64. The molecular weight excluding hydrogens is 910 g/mol. The van der Waals surface area contributed by atoms with E-state index >= 15 is 0 Å². The number of cyclic esters (lactones) is 1. The second-order valence-electron chi connectivity index (χ2n) is 20.5. The summed E-state index contributed by atoms with van der Waals surface area (Å²) in [5.74, 6) is -8.59. The van der Waals surface area contributed by atoms with Crippen LogP contribution in [0.25, 0.3) is 0 Å². The molecule has 0 spiro atoms. The van der Waals surface area contributed by atoms with Gasteiger partial charge in [0.25, 0.3) is 11.7 Å². The van der Waals surface area contributed by atoms with Gasteiger partial charge in [-0.15, -0.1) is 0 Å². The third-order valence-electron chi connectivity index (χ3n) is 14.5. The molecule has 16 nitrogen and oxygen atoms in total. The van der Waals surface area contributed by atoms with Crippen LogP contribution in [-0.2, 0) is 61.5 Å². The van der Waals surface area contributed by atoms with E-state index < -0.39 is 91.0 Å². The third kappa shape index (κ3) is 16.2. The summed E-state index contributed by atoms with van der Waals surface area (Å²) in [7, 11) is 1.72. The van der Waals surface area contributed by atoms with Gasteiger partial charge < -0.3 is 48.1 Å². The van der Waals surface area contributed by atoms with Crippen LogP contribution in [0, 0.1) is 35.5 Å². The Morgan fingerprint density at radius 1 is 0.884 bits per heavy atom. The number of fused-ring (bicyclic) bond motifs is 3. The van der Waals surface area contributed by atoms with Gasteiger partial charge in [0.15, 0.2) is 19.2 Å². The number of amides is 1. The van der Waals surface area contributed by atoms with Crippen LogP contribution < -0.4 is 0 Å². The summed E-state index contributed by atoms with van der Waals surface area (Å²) < 4.78 is 53.7. The monoisotopic (exact) mass is 992 g/mol. The molecule has 1 aliphatic carbocycles. The van der Waals surface area contributed by atoms with Crippen LogP contribution in [0.15, 0.2) is 47.6 Å². The van der Waals surface area contributed by atoms with E-state index in [9.17, 15) is 38.8 Å². The number of hydrogen-bond donors (Lipinski definition) is 2. The van der Waals surface area contributed by atoms with Gasteiger partial charge in [-0.05, 0) is 87.7 Å². The van der Waals surface area contributed by atoms with Gasteiger partial charge in [-0.2, -0.15) is 0 Å². The van der Waals surface area contributed by atoms with E-state index in [1.165, 1.54) is 7.11 Å². The van der Waals surface area contributed by atoms with Crippen molar-refractivity contribution in [1.82, 2.24) is 4.90 Å². The van der Waals surface area contributed by atoms with Crippen molar-refractivity contribution in [3.05, 3.63) is 47.6 Å². The van der Waals surface area contributed by atoms with Crippen molar-refractivity contribution >= 4 is 36.6 Å². The van der Waals surface area contributed by atoms with Crippen molar-refractivity contribution in [2.24, 2.45) is 35.5 Å². The van der Waals surface area contributed by atoms with Crippen LogP contribution in [0.5, 0.6) is 0 Å². The summed E-state index contributed by atoms with van der Waals surface area (Å²) in [6.45, 7) is 15.3. The SMILES string of the molecule is CO[C@H]1C[C@@H]2CC[C@@H](C)[C@@](O)(O2)C(=O)C(=O)N2CCOC[C@H]2C(=O)O[C@H]([C@H](C)C[C@@H]2CC[C@@H](OP(C)(C)=O)[C@H](OC)C2)CC(=O)[C@H](C)/C=C(\C)[C@@H](O)[C@@H](OC)C(=O)[C@H](C)C[C@H](C)/C=C/C=CC=C1C. The van der Waals surface area contributed by atoms with E-state index in [0.29, 0.717) is 56.9 Å². The molecule has 0 unspecified atom stereocenters. The first-order valence-electron chi connectivity index (χ1n) is 24.7. The highest BCUT2D eigenvalue weighted by Crippen LogP contribution is 2.44. The fourth-order valence-corrected chi connectivity index (χ4v) is 11.1. The molecule has 2 saturated heterocycles. The van der Waals surface area contributed by atoms with E-state index in [2.05, 4.69) is 0 Å². The van der Waals surface area contributed by atoms with E-state index in [0.717, 1.165) is 10.5 Å². The Hall–Kier alpha value is -3.18. The molecular formula is C52H82NO15P. The molecule has 4 rings (SSSR count). The van der Waals surface area contributed by atoms with Gasteiger partial charge in [-0.25, -0.2) is 4.79 Å². The van der Waals surface area contributed by atoms with Crippen LogP contribution >= 0.6 is 7.37 Å². The first-order chi connectivity index (χ1) is 32.4. The second-order valence-corrected chi connectivity index (χ2v) is 23.2. The van der Waals surface area contributed by atoms with E-state index in [1.54, 1.807) is 61.3 Å². The molecule has 4 aliphatic rings. The molecule has 2 bridgehead atoms. The van der Waals surface area contributed by atoms with Crippen LogP contribution in [0.3, 0.4) is 0 Å². The Morgan fingerprint density at radius 3 is 2.25 bits per heavy atom. The number of Topliss-reactive ketones (excluding diaryl/α,β-unsaturated/α-hetero) is 3. The number of hydrogen-bond acceptors (Lipinski definition) is 15. The maximum atomic E-state index is 14.4. The Kier molecular flexibility index (Phi) is 22.4. The second kappa shape index (κ2) is 26.5. The molecule has 69 heavy (non-hydrogen) atoms. The summed E-state index contributed by atoms with van der Waals surface area (Å²) in [6, 6.07) is -1.38.